The van der Waals surface area contributed by atoms with Gasteiger partial charge in [0.05, 0.1) is 41.6 Å². The lowest BCUT2D eigenvalue weighted by Crippen LogP contribution is -2.31. The van der Waals surface area contributed by atoms with Gasteiger partial charge in [0.1, 0.15) is 37.0 Å². The molecule has 0 unspecified atom stereocenters. The Balaban J connectivity index is 1.09. The van der Waals surface area contributed by atoms with Crippen LogP contribution in [-0.4, -0.2) is 142 Å². The third kappa shape index (κ3) is 12.7. The van der Waals surface area contributed by atoms with Crippen molar-refractivity contribution in [3.8, 4) is 23.0 Å². The number of hydrogen-bond donors (Lipinski definition) is 12. The first kappa shape index (κ1) is 57.4. The van der Waals surface area contributed by atoms with Crippen molar-refractivity contribution in [3.63, 3.8) is 0 Å². The Kier molecular flexibility index (Phi) is 15.8. The van der Waals surface area contributed by atoms with E-state index < -0.39 is 149 Å². The summed E-state index contributed by atoms with van der Waals surface area (Å²) in [5, 5.41) is 40.6. The van der Waals surface area contributed by atoms with Gasteiger partial charge in [-0.15, -0.1) is 0 Å². The van der Waals surface area contributed by atoms with Gasteiger partial charge in [0, 0.05) is 25.3 Å². The molecular weight excluding hydrogens is 1200 g/mol. The molecule has 0 atom stereocenters. The summed E-state index contributed by atoms with van der Waals surface area (Å²) in [6, 6.07) is 15.0. The molecule has 424 valence electrons. The van der Waals surface area contributed by atoms with Crippen LogP contribution in [0.25, 0.3) is 0 Å². The Morgan fingerprint density at radius 2 is 1.04 bits per heavy atom. The van der Waals surface area contributed by atoms with E-state index in [1.807, 2.05) is 0 Å². The number of halogens is 2. The first-order valence-corrected chi connectivity index (χ1v) is 29.2. The molecule has 32 nitrogen and oxygen atoms in total. The third-order valence-corrected chi connectivity index (χ3v) is 15.2. The standard InChI is InChI=1S/C43H36Cl2N14O18S4/c44-27-30-34(77-32-23(49-30)9-11-25(36(32)81(73,74)75)52-42-56-41(57-43(58-42)59(13-15-60)14-16-61)50-21-6-1-2-7-26(21)79(67,68)69)28(45)29-33(27)76-31-22(48-29)8-10-24(35(31)80(70,71)72)51-40-54-38(46-12-17-78(64,65)66)53-39(55-40)47-20-5-3-4-19(18-20)37(62)63/h1-11,18,60-61H,12-17H2,(H,62,63)(H,64,65,66)(H,67,68,69)(H,70,71,72)(H,73,74,75)(H2,50,52,56,57,58)(H3,46,47,51,53,54,55). The quantitative estimate of drug-likeness (QED) is 0.0453. The Morgan fingerprint density at radius 1 is 0.556 bits per heavy atom. The number of fused-ring (bicyclic) bond motifs is 4. The Hall–Kier alpha value is -8.27. The maximum atomic E-state index is 13.4. The van der Waals surface area contributed by atoms with Gasteiger partial charge in [-0.05, 0) is 54.6 Å². The minimum absolute atomic E-state index is 0.130. The van der Waals surface area contributed by atoms with Gasteiger partial charge in [-0.2, -0.15) is 63.6 Å². The molecule has 7 aromatic rings. The van der Waals surface area contributed by atoms with Crippen molar-refractivity contribution in [2.24, 2.45) is 9.98 Å². The van der Waals surface area contributed by atoms with E-state index in [9.17, 15) is 72.0 Å². The zero-order valence-electron chi connectivity index (χ0n) is 40.2. The van der Waals surface area contributed by atoms with Crippen molar-refractivity contribution in [2.45, 2.75) is 14.7 Å². The van der Waals surface area contributed by atoms with E-state index in [4.69, 9.17) is 32.7 Å². The van der Waals surface area contributed by atoms with Crippen LogP contribution in [-0.2, 0) is 40.5 Å². The van der Waals surface area contributed by atoms with Crippen molar-refractivity contribution < 1.29 is 81.5 Å². The lowest BCUT2D eigenvalue weighted by atomic mass is 10.2. The van der Waals surface area contributed by atoms with Crippen LogP contribution in [0.1, 0.15) is 10.4 Å². The van der Waals surface area contributed by atoms with Gasteiger partial charge < -0.3 is 56.3 Å². The Bertz CT molecular complexity index is 4360. The zero-order valence-corrected chi connectivity index (χ0v) is 45.0. The van der Waals surface area contributed by atoms with Crippen LogP contribution in [0.4, 0.5) is 69.8 Å². The number of para-hydroxylation sites is 1. The molecule has 4 heterocycles. The van der Waals surface area contributed by atoms with Crippen molar-refractivity contribution in [1.82, 2.24) is 29.9 Å². The van der Waals surface area contributed by atoms with E-state index in [0.29, 0.717) is 0 Å². The Labute approximate surface area is 465 Å². The number of carbonyl (C=O) groups is 1. The Morgan fingerprint density at radius 3 is 1.52 bits per heavy atom. The normalized spacial score (nSPS) is 12.6. The van der Waals surface area contributed by atoms with Crippen LogP contribution in [0.5, 0.6) is 23.0 Å². The number of nitrogens with zero attached hydrogens (tertiary/aromatic N) is 9. The summed E-state index contributed by atoms with van der Waals surface area (Å²) in [5.41, 5.74) is -1.77. The highest BCUT2D eigenvalue weighted by molar-refractivity contribution is 7.86. The second kappa shape index (κ2) is 22.3. The molecule has 0 radical (unpaired) electrons. The van der Waals surface area contributed by atoms with Gasteiger partial charge in [-0.3, -0.25) is 18.2 Å². The van der Waals surface area contributed by atoms with E-state index >= 15 is 0 Å². The summed E-state index contributed by atoms with van der Waals surface area (Å²) in [4.78, 5) is 44.4. The van der Waals surface area contributed by atoms with Gasteiger partial charge in [-0.1, -0.05) is 41.4 Å². The number of aliphatic hydroxyl groups is 2. The van der Waals surface area contributed by atoms with Crippen molar-refractivity contribution in [3.05, 3.63) is 99.1 Å². The number of hydrogen-bond acceptors (Lipinski definition) is 27. The predicted octanol–water partition coefficient (Wildman–Crippen LogP) is 3.98. The maximum absolute atomic E-state index is 13.4. The highest BCUT2D eigenvalue weighted by Crippen LogP contribution is 2.49. The fourth-order valence-corrected chi connectivity index (χ4v) is 10.8. The third-order valence-electron chi connectivity index (χ3n) is 11.0. The molecule has 81 heavy (non-hydrogen) atoms. The van der Waals surface area contributed by atoms with Crippen LogP contribution >= 0.6 is 23.2 Å². The van der Waals surface area contributed by atoms with E-state index in [-0.39, 0.29) is 70.0 Å². The zero-order chi connectivity index (χ0) is 58.3. The van der Waals surface area contributed by atoms with Gasteiger partial charge >= 0.3 is 5.97 Å². The number of rotatable bonds is 21. The first-order valence-electron chi connectivity index (χ1n) is 22.5. The summed E-state index contributed by atoms with van der Waals surface area (Å²) in [6.45, 7) is -1.70. The largest absolute Gasteiger partial charge is 0.478 e. The monoisotopic (exact) mass is 1230 g/mol. The molecule has 9 rings (SSSR count). The first-order chi connectivity index (χ1) is 38.2. The molecule has 0 fully saturated rings. The number of benzene rings is 5. The van der Waals surface area contributed by atoms with E-state index in [2.05, 4.69) is 66.5 Å². The molecule has 0 amide bonds. The number of anilines is 10. The number of nitrogens with one attached hydrogen (secondary N) is 5. The molecule has 2 aliphatic rings. The maximum Gasteiger partial charge on any atom is 0.335 e. The highest BCUT2D eigenvalue weighted by Gasteiger charge is 2.35. The number of carboxylic acid groups (broad SMARTS) is 1. The van der Waals surface area contributed by atoms with Crippen LogP contribution in [0.15, 0.2) is 97.5 Å². The number of aromatic nitrogens is 6. The molecule has 0 saturated heterocycles. The minimum Gasteiger partial charge on any atom is -0.478 e. The fourth-order valence-electron chi connectivity index (χ4n) is 7.69. The van der Waals surface area contributed by atoms with Crippen molar-refractivity contribution >= 4 is 139 Å². The molecule has 38 heteroatoms. The van der Waals surface area contributed by atoms with E-state index in [0.717, 1.165) is 18.2 Å². The lowest BCUT2D eigenvalue weighted by molar-refractivity contribution is 0.0696. The number of aromatic carboxylic acids is 1. The van der Waals surface area contributed by atoms with Gasteiger partial charge in [0.2, 0.25) is 35.7 Å². The number of ether oxygens (including phenoxy) is 2. The molecule has 0 bridgehead atoms. The average molecular weight is 1240 g/mol. The van der Waals surface area contributed by atoms with Crippen molar-refractivity contribution in [1.29, 1.82) is 0 Å². The molecular formula is C43H36Cl2N14O18S4. The van der Waals surface area contributed by atoms with Crippen LogP contribution in [0.3, 0.4) is 0 Å². The van der Waals surface area contributed by atoms with Crippen LogP contribution in [0.2, 0.25) is 10.0 Å². The van der Waals surface area contributed by atoms with Crippen LogP contribution in [0, 0.1) is 0 Å². The summed E-state index contributed by atoms with van der Waals surface area (Å²) >= 11 is 13.8. The van der Waals surface area contributed by atoms with Gasteiger partial charge in [0.25, 0.3) is 40.5 Å². The second-order valence-electron chi connectivity index (χ2n) is 16.5. The topological polar surface area (TPSA) is 479 Å². The van der Waals surface area contributed by atoms with Crippen molar-refractivity contribution in [2.75, 3.05) is 70.1 Å². The highest BCUT2D eigenvalue weighted by atomic mass is 35.5. The molecule has 0 aliphatic carbocycles. The number of aliphatic hydroxyl groups excluding tert-OH is 2. The fraction of sp³-hybridized carbons (Fsp3) is 0.140. The van der Waals surface area contributed by atoms with E-state index in [1.54, 1.807) is 0 Å². The molecule has 5 aromatic carbocycles. The second-order valence-corrected chi connectivity index (χ2v) is 23.0. The number of carboxylic acids is 1. The van der Waals surface area contributed by atoms with Gasteiger partial charge in [-0.25, -0.2) is 14.8 Å². The molecule has 0 spiro atoms. The summed E-state index contributed by atoms with van der Waals surface area (Å²) < 4.78 is 153. The summed E-state index contributed by atoms with van der Waals surface area (Å²) in [6.07, 6.45) is 0. The molecule has 2 aromatic heterocycles. The summed E-state index contributed by atoms with van der Waals surface area (Å²) in [7, 11) is -20.0. The smallest absolute Gasteiger partial charge is 0.335 e. The average Bonchev–Trinajstić information content (AvgIpc) is 3.40. The van der Waals surface area contributed by atoms with E-state index in [1.165, 1.54) is 59.5 Å². The SMILES string of the molecule is O=C(O)c1cccc(Nc2nc(NCCS(=O)(=O)O)nc(Nc3ccc4c(c3S(=O)(=O)O)Oc3c(Cl)c5c(c(Cl)c3=N4)Oc3c(ccc(Nc4nc(Nc6ccccc6S(=O)(=O)O)nc(N(CCO)CCO)n4)c3S(=O)(=O)O)N=5)n2)c1. The lowest BCUT2D eigenvalue weighted by Gasteiger charge is -2.24. The molecule has 0 saturated carbocycles. The summed E-state index contributed by atoms with van der Waals surface area (Å²) in [5.74, 6) is -6.58. The van der Waals surface area contributed by atoms with Crippen LogP contribution < -0.4 is 51.7 Å². The molecule has 12 N–H and O–H groups in total. The van der Waals surface area contributed by atoms with Gasteiger partial charge in [0.15, 0.2) is 32.8 Å². The predicted molar refractivity (Wildman–Crippen MR) is 284 cm³/mol. The molecule has 2 aliphatic heterocycles. The minimum atomic E-state index is -5.37.